The molecule has 0 amide bonds. The Balaban J connectivity index is 2.01. The molecule has 2 aromatic rings. The Hall–Kier alpha value is -2.29. The largest absolute Gasteiger partial charge is 0.357 e. The van der Waals surface area contributed by atoms with Gasteiger partial charge in [0, 0.05) is 5.56 Å². The molecule has 0 spiro atoms. The van der Waals surface area contributed by atoms with E-state index in [0.29, 0.717) is 0 Å². The first-order chi connectivity index (χ1) is 9.20. The molecule has 3 heteroatoms. The maximum Gasteiger partial charge on any atom is 0.141 e. The monoisotopic (exact) mass is 249 g/mol. The van der Waals surface area contributed by atoms with Crippen molar-refractivity contribution in [2.75, 3.05) is 10.2 Å². The second-order valence-corrected chi connectivity index (χ2v) is 5.23. The minimum Gasteiger partial charge on any atom is -0.357 e. The van der Waals surface area contributed by atoms with Gasteiger partial charge in [-0.05, 0) is 32.0 Å². The molecule has 2 heterocycles. The summed E-state index contributed by atoms with van der Waals surface area (Å²) in [7, 11) is 0. The van der Waals surface area contributed by atoms with Crippen molar-refractivity contribution < 1.29 is 0 Å². The predicted molar refractivity (Wildman–Crippen MR) is 79.1 cm³/mol. The third kappa shape index (κ3) is 1.24. The van der Waals surface area contributed by atoms with Gasteiger partial charge in [-0.25, -0.2) is 4.99 Å². The average molecular weight is 249 g/mol. The van der Waals surface area contributed by atoms with Gasteiger partial charge in [0.1, 0.15) is 11.5 Å². The summed E-state index contributed by atoms with van der Waals surface area (Å²) in [4.78, 5) is 7.02. The molecule has 0 bridgehead atoms. The van der Waals surface area contributed by atoms with Crippen LogP contribution >= 0.6 is 0 Å². The van der Waals surface area contributed by atoms with E-state index in [-0.39, 0.29) is 5.66 Å². The fourth-order valence-corrected chi connectivity index (χ4v) is 3.23. The van der Waals surface area contributed by atoms with Crippen LogP contribution in [0.15, 0.2) is 53.5 Å². The Morgan fingerprint density at radius 1 is 1.05 bits per heavy atom. The molecule has 1 unspecified atom stereocenters. The molecule has 19 heavy (non-hydrogen) atoms. The summed E-state index contributed by atoms with van der Waals surface area (Å²) in [6, 6.07) is 16.7. The van der Waals surface area contributed by atoms with Crippen LogP contribution in [0.25, 0.3) is 0 Å². The van der Waals surface area contributed by atoms with Gasteiger partial charge in [-0.3, -0.25) is 0 Å². The van der Waals surface area contributed by atoms with Gasteiger partial charge >= 0.3 is 0 Å². The van der Waals surface area contributed by atoms with Crippen LogP contribution in [-0.4, -0.2) is 5.84 Å². The molecular formula is C16H15N3. The van der Waals surface area contributed by atoms with Crippen LogP contribution in [0, 0.1) is 0 Å². The molecule has 0 aromatic heterocycles. The highest BCUT2D eigenvalue weighted by Crippen LogP contribution is 2.49. The first-order valence-corrected chi connectivity index (χ1v) is 6.52. The fraction of sp³-hybridized carbons (Fsp3) is 0.188. The van der Waals surface area contributed by atoms with Crippen LogP contribution in [0.2, 0.25) is 0 Å². The molecule has 0 fully saturated rings. The quantitative estimate of drug-likeness (QED) is 0.767. The van der Waals surface area contributed by atoms with Crippen LogP contribution in [0.5, 0.6) is 0 Å². The Morgan fingerprint density at radius 3 is 2.68 bits per heavy atom. The lowest BCUT2D eigenvalue weighted by Crippen LogP contribution is -2.49. The van der Waals surface area contributed by atoms with Gasteiger partial charge in [0.2, 0.25) is 0 Å². The number of hydrogen-bond acceptors (Lipinski definition) is 3. The van der Waals surface area contributed by atoms with E-state index in [1.54, 1.807) is 0 Å². The third-order valence-corrected chi connectivity index (χ3v) is 4.00. The van der Waals surface area contributed by atoms with Crippen LogP contribution in [0.1, 0.15) is 19.4 Å². The number of para-hydroxylation sites is 3. The number of amidine groups is 1. The van der Waals surface area contributed by atoms with Gasteiger partial charge in [0.05, 0.1) is 17.1 Å². The van der Waals surface area contributed by atoms with Crippen molar-refractivity contribution in [1.29, 1.82) is 0 Å². The van der Waals surface area contributed by atoms with Gasteiger partial charge in [-0.1, -0.05) is 30.3 Å². The zero-order chi connectivity index (χ0) is 13.0. The first-order valence-electron chi connectivity index (χ1n) is 6.52. The van der Waals surface area contributed by atoms with Crippen molar-refractivity contribution in [3.63, 3.8) is 0 Å². The number of nitrogens with one attached hydrogen (secondary N) is 1. The SMILES string of the molecule is CC1=Nc2ccccc2C2(C)Nc3ccccc3N12. The molecule has 2 aromatic carbocycles. The molecule has 2 aliphatic rings. The molecule has 2 aliphatic heterocycles. The van der Waals surface area contributed by atoms with Crippen LogP contribution in [-0.2, 0) is 5.66 Å². The molecule has 1 N–H and O–H groups in total. The van der Waals surface area contributed by atoms with Crippen molar-refractivity contribution in [2.45, 2.75) is 19.5 Å². The maximum atomic E-state index is 4.74. The highest BCUT2D eigenvalue weighted by molar-refractivity contribution is 6.06. The molecular weight excluding hydrogens is 234 g/mol. The van der Waals surface area contributed by atoms with Crippen LogP contribution in [0.3, 0.4) is 0 Å². The van der Waals surface area contributed by atoms with Crippen molar-refractivity contribution in [3.8, 4) is 0 Å². The third-order valence-electron chi connectivity index (χ3n) is 4.00. The normalized spacial score (nSPS) is 23.1. The Morgan fingerprint density at radius 2 is 1.79 bits per heavy atom. The van der Waals surface area contributed by atoms with E-state index in [1.807, 2.05) is 6.07 Å². The highest BCUT2D eigenvalue weighted by Gasteiger charge is 2.45. The van der Waals surface area contributed by atoms with E-state index >= 15 is 0 Å². The predicted octanol–water partition coefficient (Wildman–Crippen LogP) is 3.85. The average Bonchev–Trinajstić information content (AvgIpc) is 2.72. The lowest BCUT2D eigenvalue weighted by Gasteiger charge is -2.40. The van der Waals surface area contributed by atoms with E-state index in [1.165, 1.54) is 11.3 Å². The van der Waals surface area contributed by atoms with Gasteiger partial charge < -0.3 is 10.2 Å². The van der Waals surface area contributed by atoms with E-state index in [2.05, 4.69) is 66.5 Å². The zero-order valence-electron chi connectivity index (χ0n) is 11.0. The van der Waals surface area contributed by atoms with Gasteiger partial charge in [-0.2, -0.15) is 0 Å². The summed E-state index contributed by atoms with van der Waals surface area (Å²) in [6.45, 7) is 4.28. The molecule has 0 aliphatic carbocycles. The maximum absolute atomic E-state index is 4.74. The number of hydrogen-bond donors (Lipinski definition) is 1. The fourth-order valence-electron chi connectivity index (χ4n) is 3.23. The summed E-state index contributed by atoms with van der Waals surface area (Å²) in [5.74, 6) is 1.03. The Labute approximate surface area is 112 Å². The van der Waals surface area contributed by atoms with Gasteiger partial charge in [0.25, 0.3) is 0 Å². The van der Waals surface area contributed by atoms with Crippen LogP contribution < -0.4 is 10.2 Å². The lowest BCUT2D eigenvalue weighted by molar-refractivity contribution is 0.581. The molecule has 3 nitrogen and oxygen atoms in total. The van der Waals surface area contributed by atoms with Crippen molar-refractivity contribution >= 4 is 22.9 Å². The minimum absolute atomic E-state index is 0.244. The second kappa shape index (κ2) is 3.38. The number of benzene rings is 2. The van der Waals surface area contributed by atoms with Crippen molar-refractivity contribution in [3.05, 3.63) is 54.1 Å². The molecule has 94 valence electrons. The minimum atomic E-state index is -0.244. The molecule has 0 saturated carbocycles. The molecule has 0 radical (unpaired) electrons. The Kier molecular flexibility index (Phi) is 1.89. The van der Waals surface area contributed by atoms with E-state index in [0.717, 1.165) is 17.2 Å². The summed E-state index contributed by atoms with van der Waals surface area (Å²) >= 11 is 0. The Bertz CT molecular complexity index is 705. The van der Waals surface area contributed by atoms with E-state index in [4.69, 9.17) is 4.99 Å². The smallest absolute Gasteiger partial charge is 0.141 e. The molecule has 0 saturated heterocycles. The lowest BCUT2D eigenvalue weighted by atomic mass is 9.96. The number of rotatable bonds is 0. The number of anilines is 2. The van der Waals surface area contributed by atoms with Gasteiger partial charge in [-0.15, -0.1) is 0 Å². The molecule has 1 atom stereocenters. The number of fused-ring (bicyclic) bond motifs is 5. The summed E-state index contributed by atoms with van der Waals surface area (Å²) in [5, 5.41) is 3.64. The summed E-state index contributed by atoms with van der Waals surface area (Å²) in [5.41, 5.74) is 4.39. The summed E-state index contributed by atoms with van der Waals surface area (Å²) in [6.07, 6.45) is 0. The standard InChI is InChI=1S/C16H15N3/c1-11-17-13-8-4-3-7-12(13)16(2)18-14-9-5-6-10-15(14)19(11)16/h3-10,18H,1-2H3. The van der Waals surface area contributed by atoms with Gasteiger partial charge in [0.15, 0.2) is 0 Å². The highest BCUT2D eigenvalue weighted by atomic mass is 15.4. The van der Waals surface area contributed by atoms with E-state index in [9.17, 15) is 0 Å². The molecule has 4 rings (SSSR count). The first kappa shape index (κ1) is 10.6. The van der Waals surface area contributed by atoms with E-state index < -0.39 is 0 Å². The van der Waals surface area contributed by atoms with Crippen molar-refractivity contribution in [1.82, 2.24) is 0 Å². The number of aliphatic imine (C=N–C) groups is 1. The topological polar surface area (TPSA) is 27.6 Å². The zero-order valence-corrected chi connectivity index (χ0v) is 11.0. The number of nitrogens with zero attached hydrogens (tertiary/aromatic N) is 2. The van der Waals surface area contributed by atoms with Crippen molar-refractivity contribution in [2.24, 2.45) is 4.99 Å². The summed E-state index contributed by atoms with van der Waals surface area (Å²) < 4.78 is 0. The van der Waals surface area contributed by atoms with Crippen LogP contribution in [0.4, 0.5) is 17.1 Å². The second-order valence-electron chi connectivity index (χ2n) is 5.23.